The fraction of sp³-hybridized carbons (Fsp3) is 0.200. The highest BCUT2D eigenvalue weighted by Crippen LogP contribution is 2.22. The van der Waals surface area contributed by atoms with Gasteiger partial charge in [0.05, 0.1) is 17.1 Å². The topological polar surface area (TPSA) is 107 Å². The number of aromatic amines is 1. The van der Waals surface area contributed by atoms with Gasteiger partial charge in [0.15, 0.2) is 10.8 Å². The summed E-state index contributed by atoms with van der Waals surface area (Å²) >= 11 is 1.11. The standard InChI is InChI=1S/C15H15N5O2S/c1-8-5-3-4-6-11(8)20-13-10(7-17-20)14(22)19-15(18-13)23-9(2)12(16)21/h3-7,9H,1-2H3,(H2,16,21)(H,18,19,22). The molecule has 0 aliphatic carbocycles. The van der Waals surface area contributed by atoms with E-state index in [1.54, 1.807) is 11.6 Å². The number of thioether (sulfide) groups is 1. The average Bonchev–Trinajstić information content (AvgIpc) is 2.92. The lowest BCUT2D eigenvalue weighted by Gasteiger charge is -2.08. The van der Waals surface area contributed by atoms with Gasteiger partial charge in [0.25, 0.3) is 5.56 Å². The molecule has 0 fully saturated rings. The highest BCUT2D eigenvalue weighted by Gasteiger charge is 2.16. The van der Waals surface area contributed by atoms with E-state index in [4.69, 9.17) is 5.73 Å². The molecule has 3 rings (SSSR count). The number of hydrogen-bond donors (Lipinski definition) is 2. The summed E-state index contributed by atoms with van der Waals surface area (Å²) in [6.45, 7) is 3.62. The van der Waals surface area contributed by atoms with Gasteiger partial charge in [-0.15, -0.1) is 0 Å². The number of aryl methyl sites for hydroxylation is 1. The quantitative estimate of drug-likeness (QED) is 0.555. The van der Waals surface area contributed by atoms with Crippen molar-refractivity contribution in [3.05, 3.63) is 46.4 Å². The van der Waals surface area contributed by atoms with Crippen LogP contribution in [0.3, 0.4) is 0 Å². The van der Waals surface area contributed by atoms with Gasteiger partial charge >= 0.3 is 0 Å². The number of carbonyl (C=O) groups excluding carboxylic acids is 1. The Morgan fingerprint density at radius 3 is 2.83 bits per heavy atom. The lowest BCUT2D eigenvalue weighted by molar-refractivity contribution is -0.117. The zero-order chi connectivity index (χ0) is 16.6. The number of nitrogens with zero attached hydrogens (tertiary/aromatic N) is 3. The molecule has 0 aliphatic rings. The summed E-state index contributed by atoms with van der Waals surface area (Å²) in [4.78, 5) is 30.5. The lowest BCUT2D eigenvalue weighted by Crippen LogP contribution is -2.23. The number of nitrogens with one attached hydrogen (secondary N) is 1. The molecular formula is C15H15N5O2S. The second kappa shape index (κ2) is 5.88. The molecular weight excluding hydrogens is 314 g/mol. The molecule has 3 N–H and O–H groups in total. The third kappa shape index (κ3) is 2.85. The minimum absolute atomic E-state index is 0.297. The Morgan fingerprint density at radius 1 is 1.39 bits per heavy atom. The molecule has 7 nitrogen and oxygen atoms in total. The Bertz CT molecular complexity index is 946. The minimum atomic E-state index is -0.495. The molecule has 1 amide bonds. The molecule has 0 aliphatic heterocycles. The van der Waals surface area contributed by atoms with Crippen LogP contribution in [0.25, 0.3) is 16.7 Å². The van der Waals surface area contributed by atoms with Gasteiger partial charge in [-0.25, -0.2) is 9.67 Å². The van der Waals surface area contributed by atoms with Crippen molar-refractivity contribution < 1.29 is 4.79 Å². The zero-order valence-corrected chi connectivity index (χ0v) is 13.4. The number of amides is 1. The van der Waals surface area contributed by atoms with Gasteiger partial charge in [0.2, 0.25) is 5.91 Å². The number of para-hydroxylation sites is 1. The second-order valence-electron chi connectivity index (χ2n) is 5.11. The van der Waals surface area contributed by atoms with Crippen LogP contribution in [0.2, 0.25) is 0 Å². The highest BCUT2D eigenvalue weighted by molar-refractivity contribution is 8.00. The summed E-state index contributed by atoms with van der Waals surface area (Å²) in [7, 11) is 0. The fourth-order valence-electron chi connectivity index (χ4n) is 2.16. The van der Waals surface area contributed by atoms with Crippen molar-refractivity contribution in [2.75, 3.05) is 0 Å². The van der Waals surface area contributed by atoms with E-state index in [0.29, 0.717) is 16.2 Å². The second-order valence-corrected chi connectivity index (χ2v) is 6.44. The van der Waals surface area contributed by atoms with E-state index >= 15 is 0 Å². The van der Waals surface area contributed by atoms with Crippen molar-refractivity contribution >= 4 is 28.7 Å². The van der Waals surface area contributed by atoms with Gasteiger partial charge in [0, 0.05) is 0 Å². The van der Waals surface area contributed by atoms with E-state index in [1.807, 2.05) is 31.2 Å². The number of H-pyrrole nitrogens is 1. The Kier molecular flexibility index (Phi) is 3.91. The van der Waals surface area contributed by atoms with E-state index in [1.165, 1.54) is 6.20 Å². The van der Waals surface area contributed by atoms with E-state index < -0.39 is 11.2 Å². The van der Waals surface area contributed by atoms with E-state index in [-0.39, 0.29) is 5.56 Å². The molecule has 8 heteroatoms. The summed E-state index contributed by atoms with van der Waals surface area (Å²) in [5.41, 5.74) is 7.27. The molecule has 0 radical (unpaired) electrons. The minimum Gasteiger partial charge on any atom is -0.369 e. The van der Waals surface area contributed by atoms with Crippen LogP contribution in [0, 0.1) is 6.92 Å². The number of primary amides is 1. The van der Waals surface area contributed by atoms with Crippen LogP contribution in [0.5, 0.6) is 0 Å². The van der Waals surface area contributed by atoms with Crippen molar-refractivity contribution in [3.63, 3.8) is 0 Å². The van der Waals surface area contributed by atoms with Crippen LogP contribution < -0.4 is 11.3 Å². The van der Waals surface area contributed by atoms with Crippen LogP contribution in [-0.2, 0) is 4.79 Å². The van der Waals surface area contributed by atoms with Crippen LogP contribution in [0.1, 0.15) is 12.5 Å². The molecule has 1 atom stereocenters. The molecule has 1 aromatic carbocycles. The third-order valence-electron chi connectivity index (χ3n) is 3.45. The molecule has 0 spiro atoms. The SMILES string of the molecule is Cc1ccccc1-n1ncc2c(=O)[nH]c(SC(C)C(N)=O)nc21. The summed E-state index contributed by atoms with van der Waals surface area (Å²) in [5, 5.41) is 4.51. The first-order valence-electron chi connectivity index (χ1n) is 6.97. The van der Waals surface area contributed by atoms with Gasteiger partial charge in [-0.1, -0.05) is 30.0 Å². The van der Waals surface area contributed by atoms with Gasteiger partial charge in [-0.05, 0) is 25.5 Å². The highest BCUT2D eigenvalue weighted by atomic mass is 32.2. The van der Waals surface area contributed by atoms with Gasteiger partial charge in [-0.2, -0.15) is 5.10 Å². The summed E-state index contributed by atoms with van der Waals surface area (Å²) < 4.78 is 1.62. The number of nitrogens with two attached hydrogens (primary N) is 1. The number of carbonyl (C=O) groups is 1. The Balaban J connectivity index is 2.15. The predicted molar refractivity (Wildman–Crippen MR) is 88.7 cm³/mol. The number of fused-ring (bicyclic) bond motifs is 1. The maximum atomic E-state index is 12.2. The van der Waals surface area contributed by atoms with Gasteiger partial charge in [-0.3, -0.25) is 9.59 Å². The number of rotatable bonds is 4. The van der Waals surface area contributed by atoms with Crippen molar-refractivity contribution in [2.24, 2.45) is 5.73 Å². The summed E-state index contributed by atoms with van der Waals surface area (Å²) in [6, 6.07) is 7.69. The van der Waals surface area contributed by atoms with Crippen LogP contribution in [-0.4, -0.2) is 30.9 Å². The molecule has 0 saturated carbocycles. The molecule has 2 heterocycles. The van der Waals surface area contributed by atoms with Crippen LogP contribution in [0.4, 0.5) is 0 Å². The molecule has 2 aromatic heterocycles. The average molecular weight is 329 g/mol. The fourth-order valence-corrected chi connectivity index (χ4v) is 2.90. The maximum Gasteiger partial charge on any atom is 0.262 e. The molecule has 118 valence electrons. The Labute approximate surface area is 135 Å². The molecule has 1 unspecified atom stereocenters. The molecule has 3 aromatic rings. The largest absolute Gasteiger partial charge is 0.369 e. The van der Waals surface area contributed by atoms with E-state index in [2.05, 4.69) is 15.1 Å². The van der Waals surface area contributed by atoms with Gasteiger partial charge in [0.1, 0.15) is 5.39 Å². The first kappa shape index (κ1) is 15.3. The molecule has 0 bridgehead atoms. The van der Waals surface area contributed by atoms with Crippen LogP contribution in [0.15, 0.2) is 40.4 Å². The third-order valence-corrected chi connectivity index (χ3v) is 4.45. The van der Waals surface area contributed by atoms with Crippen LogP contribution >= 0.6 is 11.8 Å². The summed E-state index contributed by atoms with van der Waals surface area (Å²) in [6.07, 6.45) is 1.49. The number of hydrogen-bond acceptors (Lipinski definition) is 5. The van der Waals surface area contributed by atoms with Crippen molar-refractivity contribution in [1.29, 1.82) is 0 Å². The molecule has 23 heavy (non-hydrogen) atoms. The number of aromatic nitrogens is 4. The van der Waals surface area contributed by atoms with Crippen molar-refractivity contribution in [3.8, 4) is 5.69 Å². The lowest BCUT2D eigenvalue weighted by atomic mass is 10.2. The van der Waals surface area contributed by atoms with E-state index in [0.717, 1.165) is 23.0 Å². The summed E-state index contributed by atoms with van der Waals surface area (Å²) in [5.74, 6) is -0.467. The zero-order valence-electron chi connectivity index (χ0n) is 12.6. The molecule has 0 saturated heterocycles. The monoisotopic (exact) mass is 329 g/mol. The normalized spacial score (nSPS) is 12.4. The number of benzene rings is 1. The van der Waals surface area contributed by atoms with Gasteiger partial charge < -0.3 is 10.7 Å². The Morgan fingerprint density at radius 2 is 2.13 bits per heavy atom. The first-order valence-corrected chi connectivity index (χ1v) is 7.85. The van der Waals surface area contributed by atoms with Crippen molar-refractivity contribution in [1.82, 2.24) is 19.7 Å². The Hall–Kier alpha value is -2.61. The predicted octanol–water partition coefficient (Wildman–Crippen LogP) is 1.38. The smallest absolute Gasteiger partial charge is 0.262 e. The first-order chi connectivity index (χ1) is 11.0. The maximum absolute atomic E-state index is 12.2. The van der Waals surface area contributed by atoms with Crippen molar-refractivity contribution in [2.45, 2.75) is 24.3 Å². The van der Waals surface area contributed by atoms with E-state index in [9.17, 15) is 9.59 Å².